The molecule has 1 heterocycles. The van der Waals surface area contributed by atoms with Crippen LogP contribution in [0.25, 0.3) is 0 Å². The summed E-state index contributed by atoms with van der Waals surface area (Å²) in [4.78, 5) is 2.33. The van der Waals surface area contributed by atoms with Crippen molar-refractivity contribution in [1.82, 2.24) is 0 Å². The van der Waals surface area contributed by atoms with Gasteiger partial charge in [0.1, 0.15) is 11.5 Å². The number of para-hydroxylation sites is 1. The Labute approximate surface area is 253 Å². The standard InChI is InChI=1S/C40H45NO/c1-28-20-25-33(26-21-28)42-38-31(23-22-30(3)39(4,5)34-17-10-9-14-29(34)2)15-13-16-32(38)24-27-37-40(6,7)35-18-11-12-19-36(35)41(37)8/h9-12,14,17-27H,3,13,15-16H2,1-2,4-8H3/b23-22+,32-24+,37-27+. The molecule has 0 spiro atoms. The lowest BCUT2D eigenvalue weighted by Crippen LogP contribution is -2.22. The molecule has 0 saturated heterocycles. The van der Waals surface area contributed by atoms with Crippen LogP contribution in [0.5, 0.6) is 5.75 Å². The molecule has 5 rings (SSSR count). The Hall–Kier alpha value is -4.04. The minimum atomic E-state index is -0.175. The smallest absolute Gasteiger partial charge is 0.133 e. The number of hydrogen-bond acceptors (Lipinski definition) is 2. The third kappa shape index (κ3) is 5.68. The molecule has 0 bridgehead atoms. The Morgan fingerprint density at radius 2 is 1.60 bits per heavy atom. The summed E-state index contributed by atoms with van der Waals surface area (Å²) in [6, 6.07) is 25.7. The molecular weight excluding hydrogens is 510 g/mol. The van der Waals surface area contributed by atoms with Gasteiger partial charge in [0.15, 0.2) is 0 Å². The number of aryl methyl sites for hydroxylation is 2. The molecule has 1 aliphatic heterocycles. The zero-order chi connectivity index (χ0) is 30.1. The van der Waals surface area contributed by atoms with E-state index in [4.69, 9.17) is 4.74 Å². The van der Waals surface area contributed by atoms with Crippen molar-refractivity contribution < 1.29 is 4.74 Å². The molecule has 2 aliphatic rings. The molecule has 42 heavy (non-hydrogen) atoms. The lowest BCUT2D eigenvalue weighted by atomic mass is 9.76. The molecule has 2 nitrogen and oxygen atoms in total. The fraction of sp³-hybridized carbons (Fsp3) is 0.300. The third-order valence-corrected chi connectivity index (χ3v) is 9.21. The maximum Gasteiger partial charge on any atom is 0.133 e. The average Bonchev–Trinajstić information content (AvgIpc) is 3.17. The molecule has 3 aromatic rings. The molecule has 0 aromatic heterocycles. The van der Waals surface area contributed by atoms with Crippen LogP contribution in [0.1, 0.15) is 69.2 Å². The monoisotopic (exact) mass is 555 g/mol. The molecule has 2 heteroatoms. The largest absolute Gasteiger partial charge is 0.457 e. The minimum absolute atomic E-state index is 0.0691. The highest BCUT2D eigenvalue weighted by Gasteiger charge is 2.37. The molecule has 0 amide bonds. The van der Waals surface area contributed by atoms with Crippen LogP contribution in [0, 0.1) is 13.8 Å². The van der Waals surface area contributed by atoms with Crippen LogP contribution in [0.3, 0.4) is 0 Å². The predicted molar refractivity (Wildman–Crippen MR) is 179 cm³/mol. The number of ether oxygens (including phenoxy) is 1. The Morgan fingerprint density at radius 3 is 2.31 bits per heavy atom. The number of fused-ring (bicyclic) bond motifs is 1. The highest BCUT2D eigenvalue weighted by molar-refractivity contribution is 5.70. The summed E-state index contributed by atoms with van der Waals surface area (Å²) in [5, 5.41) is 0. The van der Waals surface area contributed by atoms with Crippen LogP contribution in [-0.4, -0.2) is 7.05 Å². The van der Waals surface area contributed by atoms with Crippen molar-refractivity contribution in [3.05, 3.63) is 154 Å². The number of nitrogens with zero attached hydrogens (tertiary/aromatic N) is 1. The minimum Gasteiger partial charge on any atom is -0.457 e. The second kappa shape index (κ2) is 11.7. The van der Waals surface area contributed by atoms with Crippen molar-refractivity contribution in [1.29, 1.82) is 0 Å². The van der Waals surface area contributed by atoms with Crippen molar-refractivity contribution in [2.45, 2.75) is 71.6 Å². The molecular formula is C40H45NO. The third-order valence-electron chi connectivity index (χ3n) is 9.21. The summed E-state index contributed by atoms with van der Waals surface area (Å²) in [7, 11) is 2.17. The van der Waals surface area contributed by atoms with Crippen LogP contribution in [0.2, 0.25) is 0 Å². The van der Waals surface area contributed by atoms with Gasteiger partial charge in [-0.15, -0.1) is 0 Å². The van der Waals surface area contributed by atoms with Gasteiger partial charge in [-0.2, -0.15) is 0 Å². The quantitative estimate of drug-likeness (QED) is 0.269. The molecule has 216 valence electrons. The molecule has 0 fully saturated rings. The lowest BCUT2D eigenvalue weighted by molar-refractivity contribution is 0.415. The van der Waals surface area contributed by atoms with E-state index in [1.54, 1.807) is 0 Å². The summed E-state index contributed by atoms with van der Waals surface area (Å²) < 4.78 is 6.70. The van der Waals surface area contributed by atoms with E-state index in [2.05, 4.69) is 157 Å². The fourth-order valence-electron chi connectivity index (χ4n) is 6.41. The van der Waals surface area contributed by atoms with Gasteiger partial charge in [0.25, 0.3) is 0 Å². The van der Waals surface area contributed by atoms with Gasteiger partial charge < -0.3 is 9.64 Å². The zero-order valence-electron chi connectivity index (χ0n) is 26.4. The van der Waals surface area contributed by atoms with E-state index in [-0.39, 0.29) is 10.8 Å². The van der Waals surface area contributed by atoms with Crippen LogP contribution in [0.4, 0.5) is 5.69 Å². The summed E-state index contributed by atoms with van der Waals surface area (Å²) >= 11 is 0. The van der Waals surface area contributed by atoms with Crippen LogP contribution >= 0.6 is 0 Å². The number of likely N-dealkylation sites (N-methyl/N-ethyl adjacent to an activating group) is 1. The van der Waals surface area contributed by atoms with Crippen molar-refractivity contribution >= 4 is 5.69 Å². The van der Waals surface area contributed by atoms with Crippen molar-refractivity contribution in [2.24, 2.45) is 0 Å². The number of benzene rings is 3. The second-order valence-corrected chi connectivity index (χ2v) is 12.9. The topological polar surface area (TPSA) is 12.5 Å². The van der Waals surface area contributed by atoms with Gasteiger partial charge in [-0.1, -0.05) is 113 Å². The SMILES string of the molecule is C=C(/C=C/C1=C(Oc2ccc(C)cc2)C(=C/C=C2/N(C)c3ccccc3C2(C)C)/CCC1)C(C)(C)c1ccccc1C. The first-order valence-corrected chi connectivity index (χ1v) is 15.2. The van der Waals surface area contributed by atoms with E-state index < -0.39 is 0 Å². The highest BCUT2D eigenvalue weighted by atomic mass is 16.5. The van der Waals surface area contributed by atoms with E-state index >= 15 is 0 Å². The van der Waals surface area contributed by atoms with E-state index in [0.717, 1.165) is 36.3 Å². The number of hydrogen-bond donors (Lipinski definition) is 0. The molecule has 0 radical (unpaired) electrons. The molecule has 1 aliphatic carbocycles. The van der Waals surface area contributed by atoms with Crippen LogP contribution in [-0.2, 0) is 10.8 Å². The Balaban J connectivity index is 1.53. The Morgan fingerprint density at radius 1 is 0.905 bits per heavy atom. The van der Waals surface area contributed by atoms with Gasteiger partial charge in [0, 0.05) is 29.3 Å². The summed E-state index contributed by atoms with van der Waals surface area (Å²) in [6.07, 6.45) is 12.1. The first-order valence-electron chi connectivity index (χ1n) is 15.2. The molecule has 0 atom stereocenters. The summed E-state index contributed by atoms with van der Waals surface area (Å²) in [5.74, 6) is 1.84. The van der Waals surface area contributed by atoms with Gasteiger partial charge >= 0.3 is 0 Å². The average molecular weight is 556 g/mol. The second-order valence-electron chi connectivity index (χ2n) is 12.9. The maximum absolute atomic E-state index is 6.70. The van der Waals surface area contributed by atoms with E-state index in [1.165, 1.54) is 44.8 Å². The van der Waals surface area contributed by atoms with Gasteiger partial charge in [-0.3, -0.25) is 0 Å². The fourth-order valence-corrected chi connectivity index (χ4v) is 6.41. The molecule has 0 N–H and O–H groups in total. The molecule has 0 unspecified atom stereocenters. The molecule has 0 saturated carbocycles. The van der Waals surface area contributed by atoms with Crippen LogP contribution in [0.15, 0.2) is 132 Å². The van der Waals surface area contributed by atoms with E-state index in [9.17, 15) is 0 Å². The van der Waals surface area contributed by atoms with E-state index in [0.29, 0.717) is 0 Å². The van der Waals surface area contributed by atoms with Gasteiger partial charge in [0.2, 0.25) is 0 Å². The highest BCUT2D eigenvalue weighted by Crippen LogP contribution is 2.47. The van der Waals surface area contributed by atoms with E-state index in [1.807, 2.05) is 0 Å². The van der Waals surface area contributed by atoms with Gasteiger partial charge in [-0.25, -0.2) is 0 Å². The first-order chi connectivity index (χ1) is 20.0. The summed E-state index contributed by atoms with van der Waals surface area (Å²) in [5.41, 5.74) is 11.1. The number of rotatable bonds is 7. The zero-order valence-corrected chi connectivity index (χ0v) is 26.4. The predicted octanol–water partition coefficient (Wildman–Crippen LogP) is 10.4. The Kier molecular flexibility index (Phi) is 8.19. The first kappa shape index (κ1) is 29.5. The Bertz CT molecular complexity index is 1610. The maximum atomic E-state index is 6.70. The summed E-state index contributed by atoms with van der Waals surface area (Å²) in [6.45, 7) is 18.0. The van der Waals surface area contributed by atoms with Crippen molar-refractivity contribution in [2.75, 3.05) is 11.9 Å². The van der Waals surface area contributed by atoms with Gasteiger partial charge in [-0.05, 0) is 90.8 Å². The lowest BCUT2D eigenvalue weighted by Gasteiger charge is -2.28. The molecule has 3 aromatic carbocycles. The van der Waals surface area contributed by atoms with Gasteiger partial charge in [0.05, 0.1) is 0 Å². The van der Waals surface area contributed by atoms with Crippen LogP contribution < -0.4 is 9.64 Å². The van der Waals surface area contributed by atoms with Crippen molar-refractivity contribution in [3.63, 3.8) is 0 Å². The number of allylic oxidation sites excluding steroid dienone is 8. The van der Waals surface area contributed by atoms with Crippen molar-refractivity contribution in [3.8, 4) is 5.75 Å². The number of anilines is 1. The normalized spacial score (nSPS) is 18.7.